The van der Waals surface area contributed by atoms with Crippen LogP contribution in [0.2, 0.25) is 0 Å². The van der Waals surface area contributed by atoms with Crippen LogP contribution in [0.3, 0.4) is 0 Å². The van der Waals surface area contributed by atoms with Crippen molar-refractivity contribution >= 4 is 11.6 Å². The topological polar surface area (TPSA) is 106 Å². The van der Waals surface area contributed by atoms with Crippen molar-refractivity contribution in [3.63, 3.8) is 0 Å². The third-order valence-corrected chi connectivity index (χ3v) is 4.14. The van der Waals surface area contributed by atoms with E-state index in [1.165, 1.54) is 0 Å². The Morgan fingerprint density at radius 3 is 2.89 bits per heavy atom. The van der Waals surface area contributed by atoms with Crippen LogP contribution in [0.1, 0.15) is 0 Å². The fourth-order valence-corrected chi connectivity index (χ4v) is 2.78. The van der Waals surface area contributed by atoms with Gasteiger partial charge in [-0.05, 0) is 19.2 Å². The number of likely N-dealkylation sites (N-methyl/N-ethyl adjacent to an activating group) is 1. The molecule has 0 amide bonds. The monoisotopic (exact) mass is 377 g/mol. The summed E-state index contributed by atoms with van der Waals surface area (Å²) >= 11 is 0. The van der Waals surface area contributed by atoms with Crippen LogP contribution in [0.4, 0.5) is 16.0 Å². The van der Waals surface area contributed by atoms with Crippen LogP contribution >= 0.6 is 0 Å². The van der Waals surface area contributed by atoms with Crippen molar-refractivity contribution in [2.24, 2.45) is 0 Å². The van der Waals surface area contributed by atoms with E-state index >= 15 is 0 Å². The lowest BCUT2D eigenvalue weighted by Crippen LogP contribution is -2.37. The van der Waals surface area contributed by atoms with Crippen molar-refractivity contribution in [3.8, 4) is 17.1 Å². The average Bonchev–Trinajstić information content (AvgIpc) is 2.69. The van der Waals surface area contributed by atoms with Gasteiger partial charge in [0.05, 0.1) is 13.2 Å². The number of aromatic nitrogens is 2. The smallest absolute Gasteiger partial charge is 0.207 e. The Balaban J connectivity index is 1.83. The molecule has 0 saturated carbocycles. The summed E-state index contributed by atoms with van der Waals surface area (Å²) < 4.78 is 25.4. The lowest BCUT2D eigenvalue weighted by molar-refractivity contribution is 0.108. The van der Waals surface area contributed by atoms with Crippen molar-refractivity contribution in [1.82, 2.24) is 15.3 Å². The molecule has 146 valence electrons. The van der Waals surface area contributed by atoms with Gasteiger partial charge in [0.15, 0.2) is 17.5 Å². The summed E-state index contributed by atoms with van der Waals surface area (Å²) in [6.45, 7) is 2.68. The summed E-state index contributed by atoms with van der Waals surface area (Å²) in [7, 11) is 1.76. The van der Waals surface area contributed by atoms with Crippen molar-refractivity contribution in [1.29, 1.82) is 0 Å². The molecule has 1 aromatic heterocycles. The molecular weight excluding hydrogens is 353 g/mol. The van der Waals surface area contributed by atoms with Crippen molar-refractivity contribution in [2.45, 2.75) is 6.10 Å². The maximum Gasteiger partial charge on any atom is 0.207 e. The first-order chi connectivity index (χ1) is 13.1. The van der Waals surface area contributed by atoms with Crippen LogP contribution in [0, 0.1) is 5.82 Å². The zero-order valence-electron chi connectivity index (χ0n) is 15.2. The second kappa shape index (κ2) is 8.94. The summed E-state index contributed by atoms with van der Waals surface area (Å²) in [4.78, 5) is 10.3. The minimum Gasteiger partial charge on any atom is -0.491 e. The lowest BCUT2D eigenvalue weighted by atomic mass is 10.2. The Morgan fingerprint density at radius 1 is 1.37 bits per heavy atom. The summed E-state index contributed by atoms with van der Waals surface area (Å²) in [5.74, 6) is 0.232. The number of benzene rings is 1. The highest BCUT2D eigenvalue weighted by Crippen LogP contribution is 2.27. The van der Waals surface area contributed by atoms with E-state index in [4.69, 9.17) is 15.2 Å². The van der Waals surface area contributed by atoms with E-state index in [0.29, 0.717) is 50.0 Å². The van der Waals surface area contributed by atoms with E-state index in [0.717, 1.165) is 0 Å². The number of aliphatic hydroxyl groups excluding tert-OH is 1. The third-order valence-electron chi connectivity index (χ3n) is 4.14. The molecule has 1 unspecified atom stereocenters. The fourth-order valence-electron chi connectivity index (χ4n) is 2.78. The molecule has 1 fully saturated rings. The van der Waals surface area contributed by atoms with E-state index in [-0.39, 0.29) is 18.2 Å². The number of aliphatic hydroxyl groups is 1. The molecule has 9 heteroatoms. The Morgan fingerprint density at radius 2 is 2.15 bits per heavy atom. The molecule has 0 bridgehead atoms. The number of nitrogens with two attached hydrogens (primary N) is 1. The van der Waals surface area contributed by atoms with E-state index in [2.05, 4.69) is 15.3 Å². The number of morpholine rings is 1. The van der Waals surface area contributed by atoms with Crippen LogP contribution in [-0.2, 0) is 4.74 Å². The zero-order chi connectivity index (χ0) is 19.2. The lowest BCUT2D eigenvalue weighted by Gasteiger charge is -2.28. The highest BCUT2D eigenvalue weighted by molar-refractivity contribution is 5.63. The number of ether oxygens (including phenoxy) is 2. The number of nitrogens with zero attached hydrogens (tertiary/aromatic N) is 3. The predicted molar refractivity (Wildman–Crippen MR) is 100 cm³/mol. The van der Waals surface area contributed by atoms with Gasteiger partial charge >= 0.3 is 0 Å². The largest absolute Gasteiger partial charge is 0.491 e. The Hall–Kier alpha value is -2.49. The summed E-state index contributed by atoms with van der Waals surface area (Å²) in [6, 6.07) is 7.09. The molecule has 0 aliphatic carbocycles. The van der Waals surface area contributed by atoms with Crippen LogP contribution in [0.5, 0.6) is 5.75 Å². The summed E-state index contributed by atoms with van der Waals surface area (Å²) in [5, 5.41) is 12.6. The van der Waals surface area contributed by atoms with Gasteiger partial charge < -0.3 is 30.5 Å². The first-order valence-electron chi connectivity index (χ1n) is 8.80. The molecule has 1 atom stereocenters. The molecule has 2 aromatic rings. The van der Waals surface area contributed by atoms with Gasteiger partial charge in [-0.1, -0.05) is 12.1 Å². The molecule has 4 N–H and O–H groups in total. The summed E-state index contributed by atoms with van der Waals surface area (Å²) in [5.41, 5.74) is 6.43. The number of rotatable bonds is 7. The van der Waals surface area contributed by atoms with Crippen molar-refractivity contribution < 1.29 is 19.0 Å². The fraction of sp³-hybridized carbons (Fsp3) is 0.444. The Labute approximate surface area is 157 Å². The first-order valence-corrected chi connectivity index (χ1v) is 8.80. The Kier molecular flexibility index (Phi) is 6.38. The van der Waals surface area contributed by atoms with Gasteiger partial charge in [0.2, 0.25) is 5.82 Å². The molecule has 1 aromatic carbocycles. The number of halogens is 1. The average molecular weight is 377 g/mol. The van der Waals surface area contributed by atoms with E-state index < -0.39 is 11.9 Å². The molecule has 27 heavy (non-hydrogen) atoms. The minimum absolute atomic E-state index is 0.149. The predicted octanol–water partition coefficient (Wildman–Crippen LogP) is 0.661. The second-order valence-corrected chi connectivity index (χ2v) is 6.22. The van der Waals surface area contributed by atoms with Gasteiger partial charge in [0.25, 0.3) is 0 Å². The van der Waals surface area contributed by atoms with Gasteiger partial charge in [-0.3, -0.25) is 0 Å². The minimum atomic E-state index is -0.622. The summed E-state index contributed by atoms with van der Waals surface area (Å²) in [6.07, 6.45) is -0.621. The standard InChI is InChI=1S/C18H24FN5O3/c1-21-10-13(25)11-27-14-4-2-3-12(9-14)17-22-16(20)15(19)18(23-17)24-5-7-26-8-6-24/h2-4,9,13,21,25H,5-8,10-11H2,1H3,(H2,20,22,23). The maximum atomic E-state index is 14.5. The van der Waals surface area contributed by atoms with E-state index in [9.17, 15) is 9.50 Å². The molecule has 0 radical (unpaired) electrons. The van der Waals surface area contributed by atoms with E-state index in [1.807, 2.05) is 0 Å². The van der Waals surface area contributed by atoms with Gasteiger partial charge in [-0.15, -0.1) is 0 Å². The van der Waals surface area contributed by atoms with E-state index in [1.54, 1.807) is 36.2 Å². The molecular formula is C18H24FN5O3. The molecule has 0 spiro atoms. The Bertz CT molecular complexity index is 771. The molecule has 8 nitrogen and oxygen atoms in total. The van der Waals surface area contributed by atoms with Crippen LogP contribution in [0.15, 0.2) is 24.3 Å². The third kappa shape index (κ3) is 4.82. The first kappa shape index (κ1) is 19.3. The number of hydrogen-bond acceptors (Lipinski definition) is 8. The number of anilines is 2. The second-order valence-electron chi connectivity index (χ2n) is 6.22. The highest BCUT2D eigenvalue weighted by Gasteiger charge is 2.21. The zero-order valence-corrected chi connectivity index (χ0v) is 15.2. The van der Waals surface area contributed by atoms with Crippen molar-refractivity contribution in [2.75, 3.05) is 57.1 Å². The van der Waals surface area contributed by atoms with Gasteiger partial charge in [0.1, 0.15) is 18.5 Å². The molecule has 1 aliphatic rings. The van der Waals surface area contributed by atoms with Crippen LogP contribution in [0.25, 0.3) is 11.4 Å². The molecule has 2 heterocycles. The molecule has 1 aliphatic heterocycles. The van der Waals surface area contributed by atoms with Crippen LogP contribution in [-0.4, -0.2) is 67.7 Å². The van der Waals surface area contributed by atoms with Crippen molar-refractivity contribution in [3.05, 3.63) is 30.1 Å². The maximum absolute atomic E-state index is 14.5. The molecule has 3 rings (SSSR count). The van der Waals surface area contributed by atoms with Gasteiger partial charge in [0, 0.05) is 25.2 Å². The number of nitrogen functional groups attached to an aromatic ring is 1. The number of hydrogen-bond donors (Lipinski definition) is 3. The normalized spacial score (nSPS) is 15.6. The molecule has 1 saturated heterocycles. The van der Waals surface area contributed by atoms with Crippen LogP contribution < -0.4 is 20.7 Å². The highest BCUT2D eigenvalue weighted by atomic mass is 19.1. The van der Waals surface area contributed by atoms with Gasteiger partial charge in [-0.25, -0.2) is 9.97 Å². The SMILES string of the molecule is CNCC(O)COc1cccc(-c2nc(N)c(F)c(N3CCOCC3)n2)c1. The quantitative estimate of drug-likeness (QED) is 0.646. The number of nitrogens with one attached hydrogen (secondary N) is 1. The van der Waals surface area contributed by atoms with Gasteiger partial charge in [-0.2, -0.15) is 4.39 Å².